The molecule has 0 radical (unpaired) electrons. The molecule has 0 saturated carbocycles. The number of nitrogens with zero attached hydrogens (tertiary/aromatic N) is 3. The Morgan fingerprint density at radius 2 is 2.14 bits per heavy atom. The van der Waals surface area contributed by atoms with E-state index in [2.05, 4.69) is 11.2 Å². The number of nitriles is 1. The molecule has 6 heteroatoms. The Hall–Kier alpha value is -2.81. The fourth-order valence-corrected chi connectivity index (χ4v) is 1.91. The van der Waals surface area contributed by atoms with Gasteiger partial charge >= 0.3 is 5.97 Å². The molecule has 2 rings (SSSR count). The number of aliphatic carboxylic acids is 1. The van der Waals surface area contributed by atoms with Gasteiger partial charge in [-0.25, -0.2) is 0 Å². The maximum absolute atomic E-state index is 10.8. The third kappa shape index (κ3) is 4.08. The molecule has 2 aromatic rings. The normalized spacial score (nSPS) is 10.1. The van der Waals surface area contributed by atoms with Crippen LogP contribution in [0.3, 0.4) is 0 Å². The zero-order valence-electron chi connectivity index (χ0n) is 11.6. The summed E-state index contributed by atoms with van der Waals surface area (Å²) in [4.78, 5) is 12.6. The van der Waals surface area contributed by atoms with Crippen molar-refractivity contribution in [2.45, 2.75) is 19.9 Å². The summed E-state index contributed by atoms with van der Waals surface area (Å²) in [5, 5.41) is 21.6. The summed E-state index contributed by atoms with van der Waals surface area (Å²) in [6.45, 7) is 2.62. The SMILES string of the molecule is Cc1cc(N(CCC(=O)O)Cc2ccc(C#N)cc2)no1. The van der Waals surface area contributed by atoms with E-state index in [9.17, 15) is 4.79 Å². The fourth-order valence-electron chi connectivity index (χ4n) is 1.91. The predicted molar refractivity (Wildman–Crippen MR) is 75.7 cm³/mol. The molecule has 1 aromatic heterocycles. The van der Waals surface area contributed by atoms with Crippen LogP contribution < -0.4 is 4.90 Å². The lowest BCUT2D eigenvalue weighted by Crippen LogP contribution is -2.26. The van der Waals surface area contributed by atoms with Crippen LogP contribution >= 0.6 is 0 Å². The molecule has 6 nitrogen and oxygen atoms in total. The number of anilines is 1. The third-order valence-electron chi connectivity index (χ3n) is 2.99. The smallest absolute Gasteiger partial charge is 0.305 e. The minimum atomic E-state index is -0.861. The molecule has 1 N–H and O–H groups in total. The zero-order chi connectivity index (χ0) is 15.2. The van der Waals surface area contributed by atoms with E-state index in [0.29, 0.717) is 30.2 Å². The van der Waals surface area contributed by atoms with Crippen molar-refractivity contribution in [1.29, 1.82) is 5.26 Å². The van der Waals surface area contributed by atoms with Crippen LogP contribution in [-0.4, -0.2) is 22.8 Å². The number of aromatic nitrogens is 1. The summed E-state index contributed by atoms with van der Waals surface area (Å²) in [5.74, 6) is 0.420. The molecule has 0 aliphatic rings. The number of carbonyl (C=O) groups is 1. The summed E-state index contributed by atoms with van der Waals surface area (Å²) in [6, 6.07) is 11.0. The second-order valence-corrected chi connectivity index (χ2v) is 4.67. The maximum Gasteiger partial charge on any atom is 0.305 e. The van der Waals surface area contributed by atoms with Gasteiger partial charge in [-0.3, -0.25) is 4.79 Å². The lowest BCUT2D eigenvalue weighted by molar-refractivity contribution is -0.136. The lowest BCUT2D eigenvalue weighted by atomic mass is 10.1. The lowest BCUT2D eigenvalue weighted by Gasteiger charge is -2.20. The monoisotopic (exact) mass is 285 g/mol. The fraction of sp³-hybridized carbons (Fsp3) is 0.267. The molecule has 0 aliphatic heterocycles. The number of hydrogen-bond acceptors (Lipinski definition) is 5. The van der Waals surface area contributed by atoms with Gasteiger partial charge in [-0.05, 0) is 24.6 Å². The average molecular weight is 285 g/mol. The molecule has 0 atom stereocenters. The number of aryl methyl sites for hydroxylation is 1. The molecule has 0 unspecified atom stereocenters. The van der Waals surface area contributed by atoms with E-state index < -0.39 is 5.97 Å². The molecule has 0 saturated heterocycles. The topological polar surface area (TPSA) is 90.4 Å². The van der Waals surface area contributed by atoms with Crippen LogP contribution in [0.15, 0.2) is 34.9 Å². The molecule has 0 spiro atoms. The van der Waals surface area contributed by atoms with Crippen molar-refractivity contribution in [3.8, 4) is 6.07 Å². The number of carboxylic acid groups (broad SMARTS) is 1. The van der Waals surface area contributed by atoms with E-state index in [1.165, 1.54) is 0 Å². The molecular formula is C15H15N3O3. The number of hydrogen-bond donors (Lipinski definition) is 1. The molecule has 1 aromatic carbocycles. The molecule has 1 heterocycles. The van der Waals surface area contributed by atoms with Gasteiger partial charge in [0.05, 0.1) is 18.1 Å². The van der Waals surface area contributed by atoms with Crippen LogP contribution in [0.5, 0.6) is 0 Å². The van der Waals surface area contributed by atoms with Crippen LogP contribution in [0.4, 0.5) is 5.82 Å². The van der Waals surface area contributed by atoms with E-state index in [1.54, 1.807) is 25.1 Å². The van der Waals surface area contributed by atoms with Crippen LogP contribution in [-0.2, 0) is 11.3 Å². The summed E-state index contributed by atoms with van der Waals surface area (Å²) in [7, 11) is 0. The van der Waals surface area contributed by atoms with Gasteiger partial charge < -0.3 is 14.5 Å². The third-order valence-corrected chi connectivity index (χ3v) is 2.99. The Kier molecular flexibility index (Phi) is 4.57. The van der Waals surface area contributed by atoms with Gasteiger partial charge in [0.1, 0.15) is 5.76 Å². The van der Waals surface area contributed by atoms with Crippen LogP contribution in [0.2, 0.25) is 0 Å². The number of rotatable bonds is 6. The first kappa shape index (κ1) is 14.6. The quantitative estimate of drug-likeness (QED) is 0.876. The Balaban J connectivity index is 2.14. The summed E-state index contributed by atoms with van der Waals surface area (Å²) in [6.07, 6.45) is 0.0161. The molecule has 0 amide bonds. The maximum atomic E-state index is 10.8. The predicted octanol–water partition coefficient (Wildman–Crippen LogP) is 2.34. The van der Waals surface area contributed by atoms with Gasteiger partial charge in [0, 0.05) is 19.2 Å². The Morgan fingerprint density at radius 3 is 2.67 bits per heavy atom. The molecule has 108 valence electrons. The number of carboxylic acids is 1. The Bertz CT molecular complexity index is 656. The standard InChI is InChI=1S/C15H15N3O3/c1-11-8-14(17-21-11)18(7-6-15(19)20)10-13-4-2-12(9-16)3-5-13/h2-5,8H,6-7,10H2,1H3,(H,19,20). The van der Waals surface area contributed by atoms with E-state index in [1.807, 2.05) is 17.0 Å². The second-order valence-electron chi connectivity index (χ2n) is 4.67. The van der Waals surface area contributed by atoms with Crippen molar-refractivity contribution in [2.24, 2.45) is 0 Å². The number of benzene rings is 1. The first-order chi connectivity index (χ1) is 10.1. The highest BCUT2D eigenvalue weighted by molar-refractivity contribution is 5.67. The average Bonchev–Trinajstić information content (AvgIpc) is 2.90. The molecule has 0 bridgehead atoms. The van der Waals surface area contributed by atoms with Crippen molar-refractivity contribution in [1.82, 2.24) is 5.16 Å². The highest BCUT2D eigenvalue weighted by Gasteiger charge is 2.13. The molecule has 0 aliphatic carbocycles. The largest absolute Gasteiger partial charge is 0.481 e. The van der Waals surface area contributed by atoms with Crippen molar-refractivity contribution >= 4 is 11.8 Å². The van der Waals surface area contributed by atoms with E-state index in [0.717, 1.165) is 5.56 Å². The van der Waals surface area contributed by atoms with Crippen molar-refractivity contribution in [3.05, 3.63) is 47.2 Å². The van der Waals surface area contributed by atoms with Crippen molar-refractivity contribution < 1.29 is 14.4 Å². The Morgan fingerprint density at radius 1 is 1.43 bits per heavy atom. The summed E-state index contributed by atoms with van der Waals surface area (Å²) < 4.78 is 5.04. The molecular weight excluding hydrogens is 270 g/mol. The van der Waals surface area contributed by atoms with Crippen LogP contribution in [0.1, 0.15) is 23.3 Å². The van der Waals surface area contributed by atoms with E-state index in [4.69, 9.17) is 14.9 Å². The van der Waals surface area contributed by atoms with Crippen LogP contribution in [0.25, 0.3) is 0 Å². The summed E-state index contributed by atoms with van der Waals surface area (Å²) >= 11 is 0. The summed E-state index contributed by atoms with van der Waals surface area (Å²) in [5.41, 5.74) is 1.56. The van der Waals surface area contributed by atoms with Crippen molar-refractivity contribution in [3.63, 3.8) is 0 Å². The van der Waals surface area contributed by atoms with Gasteiger partial charge in [-0.2, -0.15) is 5.26 Å². The van der Waals surface area contributed by atoms with Gasteiger partial charge in [0.25, 0.3) is 0 Å². The second kappa shape index (κ2) is 6.57. The van der Waals surface area contributed by atoms with Gasteiger partial charge in [0.15, 0.2) is 5.82 Å². The first-order valence-electron chi connectivity index (χ1n) is 6.47. The van der Waals surface area contributed by atoms with Crippen molar-refractivity contribution in [2.75, 3.05) is 11.4 Å². The zero-order valence-corrected chi connectivity index (χ0v) is 11.6. The van der Waals surface area contributed by atoms with E-state index >= 15 is 0 Å². The van der Waals surface area contributed by atoms with Gasteiger partial charge in [-0.15, -0.1) is 0 Å². The highest BCUT2D eigenvalue weighted by Crippen LogP contribution is 2.17. The molecule has 0 fully saturated rings. The van der Waals surface area contributed by atoms with Crippen LogP contribution in [0, 0.1) is 18.3 Å². The molecule has 21 heavy (non-hydrogen) atoms. The minimum absolute atomic E-state index is 0.0161. The highest BCUT2D eigenvalue weighted by atomic mass is 16.5. The first-order valence-corrected chi connectivity index (χ1v) is 6.47. The Labute approximate surface area is 122 Å². The van der Waals surface area contributed by atoms with Gasteiger partial charge in [0.2, 0.25) is 0 Å². The minimum Gasteiger partial charge on any atom is -0.481 e. The van der Waals surface area contributed by atoms with Gasteiger partial charge in [-0.1, -0.05) is 17.3 Å². The van der Waals surface area contributed by atoms with E-state index in [-0.39, 0.29) is 6.42 Å².